The molecule has 0 spiro atoms. The normalized spacial score (nSPS) is 5.00. The second-order valence-electron chi connectivity index (χ2n) is 0.962. The molecule has 0 aromatic rings. The SMILES string of the molecule is C.[B][B][B]B([B])[B].[W]. The standard InChI is InChI=1S/CH4.B6.W/c;1-4-5-6(2)3;/h1H4;;. The minimum atomic E-state index is -0.407. The first-order valence-corrected chi connectivity index (χ1v) is 1.67. The predicted molar refractivity (Wildman–Crippen MR) is 41.3 cm³/mol. The summed E-state index contributed by atoms with van der Waals surface area (Å²) in [5.74, 6) is 0. The van der Waals surface area contributed by atoms with Gasteiger partial charge in [-0.3, -0.25) is 0 Å². The third kappa shape index (κ3) is 15.7. The van der Waals surface area contributed by atoms with Crippen molar-refractivity contribution in [1.82, 2.24) is 0 Å². The van der Waals surface area contributed by atoms with Gasteiger partial charge in [0.05, 0.1) is 0 Å². The van der Waals surface area contributed by atoms with Crippen LogP contribution in [0.15, 0.2) is 0 Å². The van der Waals surface area contributed by atoms with Crippen LogP contribution >= 0.6 is 0 Å². The van der Waals surface area contributed by atoms with Crippen LogP contribution < -0.4 is 0 Å². The van der Waals surface area contributed by atoms with E-state index in [1.54, 1.807) is 0 Å². The Kier molecular flexibility index (Phi) is 22.0. The van der Waals surface area contributed by atoms with Crippen molar-refractivity contribution in [1.29, 1.82) is 0 Å². The molecule has 0 amide bonds. The largest absolute Gasteiger partial charge is 0.0776 e. The average Bonchev–Trinajstić information content (AvgIpc) is 1.35. The van der Waals surface area contributed by atoms with Gasteiger partial charge in [0.1, 0.15) is 0 Å². The van der Waals surface area contributed by atoms with Gasteiger partial charge < -0.3 is 0 Å². The van der Waals surface area contributed by atoms with E-state index in [1.807, 2.05) is 0 Å². The maximum atomic E-state index is 5.01. The molecule has 0 nitrogen and oxygen atoms in total. The van der Waals surface area contributed by atoms with Crippen molar-refractivity contribution >= 4 is 43.7 Å². The van der Waals surface area contributed by atoms with Gasteiger partial charge in [-0.2, -0.15) is 0 Å². The van der Waals surface area contributed by atoms with Crippen molar-refractivity contribution in [3.63, 3.8) is 0 Å². The first-order valence-electron chi connectivity index (χ1n) is 1.67. The van der Waals surface area contributed by atoms with Crippen LogP contribution in [0.5, 0.6) is 0 Å². The van der Waals surface area contributed by atoms with E-state index >= 15 is 0 Å². The maximum Gasteiger partial charge on any atom is 0 e. The molecule has 0 aromatic carbocycles. The fourth-order valence-electron chi connectivity index (χ4n) is 0.128. The Hall–Kier alpha value is 1.08. The maximum absolute atomic E-state index is 5.01. The summed E-state index contributed by atoms with van der Waals surface area (Å²) in [5, 5.41) is 0. The Bertz CT molecular complexity index is 29.7. The van der Waals surface area contributed by atoms with Crippen molar-refractivity contribution in [2.75, 3.05) is 0 Å². The quantitative estimate of drug-likeness (QED) is 0.525. The van der Waals surface area contributed by atoms with E-state index in [-0.39, 0.29) is 28.5 Å². The molecule has 0 aliphatic rings. The Morgan fingerprint density at radius 1 is 1.25 bits per heavy atom. The van der Waals surface area contributed by atoms with Crippen LogP contribution in [0.25, 0.3) is 0 Å². The minimum Gasteiger partial charge on any atom is -0.0776 e. The first kappa shape index (κ1) is 16.0. The topological polar surface area (TPSA) is 0 Å². The van der Waals surface area contributed by atoms with Crippen LogP contribution in [0.1, 0.15) is 7.43 Å². The van der Waals surface area contributed by atoms with Gasteiger partial charge in [0.15, 0.2) is 0 Å². The van der Waals surface area contributed by atoms with Gasteiger partial charge in [0, 0.05) is 64.8 Å². The Morgan fingerprint density at radius 2 is 1.62 bits per heavy atom. The van der Waals surface area contributed by atoms with Crippen molar-refractivity contribution in [2.24, 2.45) is 0 Å². The molecule has 8 radical (unpaired) electrons. The Labute approximate surface area is 72.3 Å². The molecule has 0 unspecified atom stereocenters. The smallest absolute Gasteiger partial charge is 0 e. The molecule has 0 aromatic heterocycles. The van der Waals surface area contributed by atoms with Crippen LogP contribution in [0.3, 0.4) is 0 Å². The van der Waals surface area contributed by atoms with Gasteiger partial charge in [-0.1, -0.05) is 7.43 Å². The summed E-state index contributed by atoms with van der Waals surface area (Å²) in [7, 11) is 17.7. The van der Waals surface area contributed by atoms with Gasteiger partial charge in [-0.05, 0) is 0 Å². The molecule has 0 rings (SSSR count). The van der Waals surface area contributed by atoms with E-state index in [1.165, 1.54) is 14.1 Å². The Morgan fingerprint density at radius 3 is 1.62 bits per heavy atom. The summed E-state index contributed by atoms with van der Waals surface area (Å²) in [6.45, 7) is 0. The van der Waals surface area contributed by atoms with E-state index in [0.717, 1.165) is 0 Å². The zero-order valence-electron chi connectivity index (χ0n) is 3.87. The molecule has 0 bridgehead atoms. The zero-order valence-corrected chi connectivity index (χ0v) is 6.81. The molecule has 0 saturated heterocycles. The summed E-state index contributed by atoms with van der Waals surface area (Å²) in [5.41, 5.74) is 0. The monoisotopic (exact) mass is 266 g/mol. The molecule has 0 fully saturated rings. The van der Waals surface area contributed by atoms with Crippen LogP contribution in [-0.2, 0) is 21.1 Å². The van der Waals surface area contributed by atoms with Gasteiger partial charge >= 0.3 is 0 Å². The zero-order chi connectivity index (χ0) is 4.99. The van der Waals surface area contributed by atoms with Crippen LogP contribution in [-0.4, -0.2) is 43.7 Å². The van der Waals surface area contributed by atoms with E-state index in [0.29, 0.717) is 0 Å². The number of hydrogen-bond acceptors (Lipinski definition) is 0. The van der Waals surface area contributed by atoms with Crippen molar-refractivity contribution in [2.45, 2.75) is 7.43 Å². The Balaban J connectivity index is -0.000000125. The molecule has 0 saturated carbocycles. The fourth-order valence-corrected chi connectivity index (χ4v) is 0.128. The summed E-state index contributed by atoms with van der Waals surface area (Å²) in [4.78, 5) is 0. The van der Waals surface area contributed by atoms with Crippen molar-refractivity contribution in [3.8, 4) is 0 Å². The molecule has 0 aliphatic heterocycles. The molecule has 7 heteroatoms. The van der Waals surface area contributed by atoms with E-state index < -0.39 is 6.39 Å². The van der Waals surface area contributed by atoms with Crippen LogP contribution in [0, 0.1) is 0 Å². The second kappa shape index (κ2) is 11.0. The van der Waals surface area contributed by atoms with Crippen molar-refractivity contribution in [3.05, 3.63) is 0 Å². The number of hydrogen-bond donors (Lipinski definition) is 0. The fraction of sp³-hybridized carbons (Fsp3) is 1.00. The third-order valence-corrected chi connectivity index (χ3v) is 0.333. The van der Waals surface area contributed by atoms with Gasteiger partial charge in [0.2, 0.25) is 0 Å². The van der Waals surface area contributed by atoms with E-state index in [4.69, 9.17) is 23.2 Å². The minimum absolute atomic E-state index is 0. The van der Waals surface area contributed by atoms with E-state index in [9.17, 15) is 0 Å². The third-order valence-electron chi connectivity index (χ3n) is 0.333. The molecular weight excluding hydrogens is 261 g/mol. The van der Waals surface area contributed by atoms with Crippen LogP contribution in [0.2, 0.25) is 0 Å². The molecular formula is CH4B6W. The second-order valence-corrected chi connectivity index (χ2v) is 0.962. The van der Waals surface area contributed by atoms with E-state index in [2.05, 4.69) is 0 Å². The summed E-state index contributed by atoms with van der Waals surface area (Å²) in [6, 6.07) is 0. The van der Waals surface area contributed by atoms with Crippen molar-refractivity contribution < 1.29 is 21.1 Å². The van der Waals surface area contributed by atoms with Crippen LogP contribution in [0.4, 0.5) is 0 Å². The molecule has 0 N–H and O–H groups in total. The average molecular weight is 265 g/mol. The van der Waals surface area contributed by atoms with Gasteiger partial charge in [0.25, 0.3) is 0 Å². The molecule has 0 heterocycles. The summed E-state index contributed by atoms with van der Waals surface area (Å²) in [6.07, 6.45) is -0.407. The molecule has 0 atom stereocenters. The van der Waals surface area contributed by atoms with Gasteiger partial charge in [-0.15, -0.1) is 0 Å². The molecule has 8 heavy (non-hydrogen) atoms. The summed E-state index contributed by atoms with van der Waals surface area (Å²) >= 11 is 0. The first-order chi connectivity index (χ1) is 2.77. The van der Waals surface area contributed by atoms with Gasteiger partial charge in [-0.25, -0.2) is 0 Å². The number of rotatable bonds is 2. The molecule has 0 aliphatic carbocycles. The molecule has 32 valence electrons. The summed E-state index contributed by atoms with van der Waals surface area (Å²) < 4.78 is 0. The predicted octanol–water partition coefficient (Wildman–Crippen LogP) is -1.65.